The quantitative estimate of drug-likeness (QED) is 0.211. The highest BCUT2D eigenvalue weighted by molar-refractivity contribution is 6.30. The molecule has 1 fully saturated rings. The molecule has 4 heterocycles. The van der Waals surface area contributed by atoms with Crippen LogP contribution in [0, 0.1) is 0 Å². The summed E-state index contributed by atoms with van der Waals surface area (Å²) in [6.07, 6.45) is 4.92. The molecule has 14 heteroatoms. The Morgan fingerprint density at radius 3 is 1.62 bits per heavy atom. The van der Waals surface area contributed by atoms with E-state index >= 15 is 0 Å². The first-order valence-electron chi connectivity index (χ1n) is 14.3. The minimum absolute atomic E-state index is 0.233. The summed E-state index contributed by atoms with van der Waals surface area (Å²) in [4.78, 5) is 53.7. The molecule has 0 spiro atoms. The molecular formula is C31H35ClN8O5. The second-order valence-electron chi connectivity index (χ2n) is 10.8. The Balaban J connectivity index is 1.17. The SMILES string of the molecule is Cn1cc(NC(=O)c2cc(NC(=O)c3cc(NC(=O)c4ccc(Cl)cc4)cn3C)cn2C)cc1C(=O)NCCN1CCOCC1. The van der Waals surface area contributed by atoms with Crippen molar-refractivity contribution in [1.29, 1.82) is 0 Å². The van der Waals surface area contributed by atoms with E-state index in [1.54, 1.807) is 95.9 Å². The van der Waals surface area contributed by atoms with E-state index in [0.29, 0.717) is 64.5 Å². The van der Waals surface area contributed by atoms with Gasteiger partial charge in [-0.05, 0) is 42.5 Å². The molecule has 1 saturated heterocycles. The second kappa shape index (κ2) is 13.8. The fraction of sp³-hybridized carbons (Fsp3) is 0.290. The van der Waals surface area contributed by atoms with Crippen LogP contribution < -0.4 is 21.3 Å². The summed E-state index contributed by atoms with van der Waals surface area (Å²) in [7, 11) is 5.12. The number of rotatable bonds is 10. The van der Waals surface area contributed by atoms with Gasteiger partial charge in [-0.25, -0.2) is 0 Å². The molecule has 1 aliphatic heterocycles. The molecule has 4 amide bonds. The highest BCUT2D eigenvalue weighted by Gasteiger charge is 2.19. The van der Waals surface area contributed by atoms with E-state index in [2.05, 4.69) is 26.2 Å². The number of ether oxygens (including phenoxy) is 1. The Morgan fingerprint density at radius 1 is 0.689 bits per heavy atom. The van der Waals surface area contributed by atoms with E-state index < -0.39 is 11.8 Å². The van der Waals surface area contributed by atoms with Crippen molar-refractivity contribution in [2.75, 3.05) is 55.3 Å². The number of hydrogen-bond donors (Lipinski definition) is 4. The fourth-order valence-corrected chi connectivity index (χ4v) is 5.14. The van der Waals surface area contributed by atoms with Crippen molar-refractivity contribution >= 4 is 52.3 Å². The van der Waals surface area contributed by atoms with Crippen molar-refractivity contribution in [1.82, 2.24) is 23.9 Å². The van der Waals surface area contributed by atoms with E-state index in [1.807, 2.05) is 0 Å². The van der Waals surface area contributed by atoms with Gasteiger partial charge in [-0.3, -0.25) is 24.1 Å². The molecule has 13 nitrogen and oxygen atoms in total. The van der Waals surface area contributed by atoms with Gasteiger partial charge in [0, 0.05) is 76.5 Å². The number of benzene rings is 1. The Hall–Kier alpha value is -4.85. The number of aryl methyl sites for hydroxylation is 3. The van der Waals surface area contributed by atoms with Crippen LogP contribution in [0.15, 0.2) is 61.1 Å². The van der Waals surface area contributed by atoms with E-state index in [0.717, 1.165) is 19.6 Å². The molecule has 1 aromatic carbocycles. The van der Waals surface area contributed by atoms with Crippen molar-refractivity contribution in [3.8, 4) is 0 Å². The lowest BCUT2D eigenvalue weighted by Gasteiger charge is -2.26. The molecule has 4 N–H and O–H groups in total. The number of carbonyl (C=O) groups excluding carboxylic acids is 4. The molecule has 0 bridgehead atoms. The van der Waals surface area contributed by atoms with Crippen molar-refractivity contribution in [3.63, 3.8) is 0 Å². The van der Waals surface area contributed by atoms with Gasteiger partial charge in [0.1, 0.15) is 17.1 Å². The fourth-order valence-electron chi connectivity index (χ4n) is 5.01. The van der Waals surface area contributed by atoms with E-state index in [4.69, 9.17) is 16.3 Å². The number of anilines is 3. The highest BCUT2D eigenvalue weighted by Crippen LogP contribution is 2.20. The molecule has 1 aliphatic rings. The number of halogens is 1. The van der Waals surface area contributed by atoms with Gasteiger partial charge in [-0.2, -0.15) is 0 Å². The zero-order valence-electron chi connectivity index (χ0n) is 25.2. The average molecular weight is 635 g/mol. The van der Waals surface area contributed by atoms with Crippen LogP contribution in [-0.2, 0) is 25.9 Å². The lowest BCUT2D eigenvalue weighted by molar-refractivity contribution is 0.0383. The number of amides is 4. The molecule has 3 aromatic heterocycles. The van der Waals surface area contributed by atoms with Gasteiger partial charge in [0.25, 0.3) is 23.6 Å². The van der Waals surface area contributed by atoms with E-state index in [-0.39, 0.29) is 11.8 Å². The molecule has 4 aromatic rings. The molecule has 0 radical (unpaired) electrons. The van der Waals surface area contributed by atoms with Gasteiger partial charge >= 0.3 is 0 Å². The maximum atomic E-state index is 13.1. The molecule has 0 saturated carbocycles. The first-order chi connectivity index (χ1) is 21.6. The third-order valence-electron chi connectivity index (χ3n) is 7.41. The smallest absolute Gasteiger partial charge is 0.272 e. The molecule has 0 unspecified atom stereocenters. The Bertz CT molecular complexity index is 1720. The van der Waals surface area contributed by atoms with Crippen LogP contribution in [0.1, 0.15) is 41.8 Å². The minimum Gasteiger partial charge on any atom is -0.379 e. The third-order valence-corrected chi connectivity index (χ3v) is 7.66. The van der Waals surface area contributed by atoms with Crippen LogP contribution in [-0.4, -0.2) is 81.6 Å². The normalized spacial score (nSPS) is 13.3. The molecule has 0 aliphatic carbocycles. The predicted molar refractivity (Wildman–Crippen MR) is 171 cm³/mol. The van der Waals surface area contributed by atoms with Gasteiger partial charge in [0.05, 0.1) is 30.3 Å². The summed E-state index contributed by atoms with van der Waals surface area (Å²) < 4.78 is 10.2. The van der Waals surface area contributed by atoms with Gasteiger partial charge in [0.2, 0.25) is 0 Å². The van der Waals surface area contributed by atoms with Crippen LogP contribution >= 0.6 is 11.6 Å². The summed E-state index contributed by atoms with van der Waals surface area (Å²) in [5, 5.41) is 11.8. The van der Waals surface area contributed by atoms with Gasteiger partial charge < -0.3 is 39.7 Å². The van der Waals surface area contributed by atoms with Crippen molar-refractivity contribution in [2.24, 2.45) is 21.1 Å². The van der Waals surface area contributed by atoms with Crippen LogP contribution in [0.25, 0.3) is 0 Å². The Kier molecular flexibility index (Phi) is 9.71. The van der Waals surface area contributed by atoms with Crippen molar-refractivity contribution in [3.05, 3.63) is 88.7 Å². The first kappa shape index (κ1) is 31.6. The van der Waals surface area contributed by atoms with Gasteiger partial charge in [0.15, 0.2) is 0 Å². The van der Waals surface area contributed by atoms with E-state index in [1.165, 1.54) is 0 Å². The Morgan fingerprint density at radius 2 is 1.13 bits per heavy atom. The average Bonchev–Trinajstić information content (AvgIpc) is 3.69. The van der Waals surface area contributed by atoms with E-state index in [9.17, 15) is 19.2 Å². The number of nitrogens with zero attached hydrogens (tertiary/aromatic N) is 4. The summed E-state index contributed by atoms with van der Waals surface area (Å²) in [5.41, 5.74) is 2.77. The topological polar surface area (TPSA) is 144 Å². The lowest BCUT2D eigenvalue weighted by atomic mass is 10.2. The zero-order valence-corrected chi connectivity index (χ0v) is 26.0. The summed E-state index contributed by atoms with van der Waals surface area (Å²) in [6, 6.07) is 11.2. The highest BCUT2D eigenvalue weighted by atomic mass is 35.5. The maximum Gasteiger partial charge on any atom is 0.272 e. The first-order valence-corrected chi connectivity index (χ1v) is 14.7. The molecule has 236 valence electrons. The van der Waals surface area contributed by atoms with Crippen LogP contribution in [0.2, 0.25) is 5.02 Å². The third kappa shape index (κ3) is 7.81. The summed E-state index contributed by atoms with van der Waals surface area (Å²) in [5.74, 6) is -1.40. The van der Waals surface area contributed by atoms with Crippen LogP contribution in [0.3, 0.4) is 0 Å². The maximum absolute atomic E-state index is 13.1. The number of morpholine rings is 1. The molecular weight excluding hydrogens is 600 g/mol. The standard InChI is InChI=1S/C31H35ClN8O5/c1-37-18-23(14-25(37)29(42)33-8-9-40-10-12-45-13-11-40)35-31(44)27-16-24(19-39(27)3)36-30(43)26-15-22(17-38(26)2)34-28(41)20-4-6-21(32)7-5-20/h4-7,14-19H,8-13H2,1-3H3,(H,33,42)(H,34,41)(H,35,44)(H,36,43). The summed E-state index contributed by atoms with van der Waals surface area (Å²) in [6.45, 7) is 4.34. The predicted octanol–water partition coefficient (Wildman–Crippen LogP) is 3.17. The zero-order chi connectivity index (χ0) is 32.1. The largest absolute Gasteiger partial charge is 0.379 e. The molecule has 0 atom stereocenters. The molecule has 45 heavy (non-hydrogen) atoms. The number of carbonyl (C=O) groups is 4. The number of hydrogen-bond acceptors (Lipinski definition) is 6. The monoisotopic (exact) mass is 634 g/mol. The number of aromatic nitrogens is 3. The minimum atomic E-state index is -0.422. The van der Waals surface area contributed by atoms with Gasteiger partial charge in [-0.15, -0.1) is 0 Å². The number of nitrogens with one attached hydrogen (secondary N) is 4. The lowest BCUT2D eigenvalue weighted by Crippen LogP contribution is -2.41. The second-order valence-corrected chi connectivity index (χ2v) is 11.2. The van der Waals surface area contributed by atoms with Crippen molar-refractivity contribution < 1.29 is 23.9 Å². The van der Waals surface area contributed by atoms with Crippen LogP contribution in [0.5, 0.6) is 0 Å². The van der Waals surface area contributed by atoms with Gasteiger partial charge in [-0.1, -0.05) is 11.6 Å². The summed E-state index contributed by atoms with van der Waals surface area (Å²) >= 11 is 5.90. The van der Waals surface area contributed by atoms with Crippen LogP contribution in [0.4, 0.5) is 17.1 Å². The molecule has 5 rings (SSSR count). The Labute approximate surface area is 265 Å². The van der Waals surface area contributed by atoms with Crippen molar-refractivity contribution in [2.45, 2.75) is 0 Å².